The zero-order valence-corrected chi connectivity index (χ0v) is 12.7. The van der Waals surface area contributed by atoms with Gasteiger partial charge in [-0.15, -0.1) is 0 Å². The highest BCUT2D eigenvalue weighted by atomic mass is 79.9. The maximum absolute atomic E-state index is 12.4. The molecule has 1 aromatic heterocycles. The monoisotopic (exact) mass is 344 g/mol. The topological polar surface area (TPSA) is 55.1 Å². The molecule has 0 spiro atoms. The number of aliphatic hydroxyl groups is 1. The van der Waals surface area contributed by atoms with Crippen molar-refractivity contribution < 1.29 is 5.11 Å². The lowest BCUT2D eigenvalue weighted by Gasteiger charge is -2.13. The molecule has 5 heteroatoms. The van der Waals surface area contributed by atoms with Crippen molar-refractivity contribution in [3.8, 4) is 0 Å². The smallest absolute Gasteiger partial charge is 0.261 e. The molecule has 3 rings (SSSR count). The van der Waals surface area contributed by atoms with E-state index in [1.165, 1.54) is 10.9 Å². The Bertz CT molecular complexity index is 831. The lowest BCUT2D eigenvalue weighted by atomic mass is 10.1. The second-order valence-corrected chi connectivity index (χ2v) is 5.71. The molecule has 0 aliphatic carbocycles. The largest absolute Gasteiger partial charge is 0.387 e. The summed E-state index contributed by atoms with van der Waals surface area (Å²) < 4.78 is 2.27. The van der Waals surface area contributed by atoms with Gasteiger partial charge >= 0.3 is 0 Å². The number of aliphatic hydroxyl groups excluding tert-OH is 1. The van der Waals surface area contributed by atoms with Crippen molar-refractivity contribution >= 4 is 26.8 Å². The Labute approximate surface area is 129 Å². The van der Waals surface area contributed by atoms with Crippen LogP contribution in [0.25, 0.3) is 10.9 Å². The van der Waals surface area contributed by atoms with Gasteiger partial charge in [-0.05, 0) is 23.8 Å². The molecule has 4 nitrogen and oxygen atoms in total. The van der Waals surface area contributed by atoms with Gasteiger partial charge in [-0.2, -0.15) is 0 Å². The minimum Gasteiger partial charge on any atom is -0.387 e. The number of hydrogen-bond donors (Lipinski definition) is 1. The maximum Gasteiger partial charge on any atom is 0.261 e. The van der Waals surface area contributed by atoms with Gasteiger partial charge in [0.2, 0.25) is 0 Å². The highest BCUT2D eigenvalue weighted by molar-refractivity contribution is 9.10. The fourth-order valence-electron chi connectivity index (χ4n) is 2.23. The quantitative estimate of drug-likeness (QED) is 0.794. The number of nitrogens with zero attached hydrogens (tertiary/aromatic N) is 2. The van der Waals surface area contributed by atoms with E-state index in [0.717, 1.165) is 10.0 Å². The van der Waals surface area contributed by atoms with Crippen molar-refractivity contribution in [2.75, 3.05) is 0 Å². The van der Waals surface area contributed by atoms with E-state index in [0.29, 0.717) is 10.9 Å². The van der Waals surface area contributed by atoms with Gasteiger partial charge in [-0.1, -0.05) is 46.3 Å². The van der Waals surface area contributed by atoms with Gasteiger partial charge in [-0.3, -0.25) is 9.36 Å². The Morgan fingerprint density at radius 3 is 2.71 bits per heavy atom. The van der Waals surface area contributed by atoms with Crippen LogP contribution in [0.4, 0.5) is 0 Å². The van der Waals surface area contributed by atoms with E-state index in [2.05, 4.69) is 20.9 Å². The molecule has 0 aliphatic heterocycles. The standard InChI is InChI=1S/C16H13BrN2O2/c17-12-6-7-14-13(8-12)16(21)19(10-18-14)9-15(20)11-4-2-1-3-5-11/h1-8,10,15,20H,9H2. The van der Waals surface area contributed by atoms with Crippen molar-refractivity contribution in [3.05, 3.63) is 75.2 Å². The number of benzene rings is 2. The van der Waals surface area contributed by atoms with Gasteiger partial charge in [0.05, 0.1) is 29.9 Å². The average Bonchev–Trinajstić information content (AvgIpc) is 2.51. The maximum atomic E-state index is 12.4. The highest BCUT2D eigenvalue weighted by Gasteiger charge is 2.11. The molecular weight excluding hydrogens is 332 g/mol. The zero-order valence-electron chi connectivity index (χ0n) is 11.1. The van der Waals surface area contributed by atoms with Gasteiger partial charge < -0.3 is 5.11 Å². The Morgan fingerprint density at radius 1 is 1.19 bits per heavy atom. The first-order valence-corrected chi connectivity index (χ1v) is 7.32. The Morgan fingerprint density at radius 2 is 1.95 bits per heavy atom. The molecule has 0 saturated carbocycles. The Kier molecular flexibility index (Phi) is 3.86. The number of fused-ring (bicyclic) bond motifs is 1. The van der Waals surface area contributed by atoms with Gasteiger partial charge in [0.15, 0.2) is 0 Å². The molecule has 21 heavy (non-hydrogen) atoms. The average molecular weight is 345 g/mol. The summed E-state index contributed by atoms with van der Waals surface area (Å²) in [5.74, 6) is 0. The third-order valence-corrected chi connectivity index (χ3v) is 3.83. The van der Waals surface area contributed by atoms with E-state index in [4.69, 9.17) is 0 Å². The molecule has 0 saturated heterocycles. The Hall–Kier alpha value is -1.98. The molecule has 1 atom stereocenters. The van der Waals surface area contributed by atoms with Crippen molar-refractivity contribution in [1.82, 2.24) is 9.55 Å². The van der Waals surface area contributed by atoms with Crippen molar-refractivity contribution in [2.24, 2.45) is 0 Å². The number of hydrogen-bond acceptors (Lipinski definition) is 3. The van der Waals surface area contributed by atoms with Gasteiger partial charge in [0.1, 0.15) is 0 Å². The van der Waals surface area contributed by atoms with Gasteiger partial charge in [0.25, 0.3) is 5.56 Å². The summed E-state index contributed by atoms with van der Waals surface area (Å²) in [6.45, 7) is 0.179. The van der Waals surface area contributed by atoms with E-state index in [1.807, 2.05) is 36.4 Å². The molecule has 1 unspecified atom stereocenters. The number of halogens is 1. The summed E-state index contributed by atoms with van der Waals surface area (Å²) in [6, 6.07) is 14.7. The van der Waals surface area contributed by atoms with E-state index >= 15 is 0 Å². The summed E-state index contributed by atoms with van der Waals surface area (Å²) >= 11 is 3.35. The third kappa shape index (κ3) is 2.89. The lowest BCUT2D eigenvalue weighted by Crippen LogP contribution is -2.23. The van der Waals surface area contributed by atoms with Crippen molar-refractivity contribution in [2.45, 2.75) is 12.6 Å². The summed E-state index contributed by atoms with van der Waals surface area (Å²) in [5.41, 5.74) is 1.27. The first-order valence-electron chi connectivity index (χ1n) is 6.53. The summed E-state index contributed by atoms with van der Waals surface area (Å²) in [5, 5.41) is 10.8. The van der Waals surface area contributed by atoms with Crippen LogP contribution in [0, 0.1) is 0 Å². The summed E-state index contributed by atoms with van der Waals surface area (Å²) in [6.07, 6.45) is 0.736. The minimum absolute atomic E-state index is 0.156. The normalized spacial score (nSPS) is 12.5. The zero-order chi connectivity index (χ0) is 14.8. The number of aromatic nitrogens is 2. The predicted octanol–water partition coefficient (Wildman–Crippen LogP) is 2.89. The molecule has 1 heterocycles. The van der Waals surface area contributed by atoms with Crippen molar-refractivity contribution in [1.29, 1.82) is 0 Å². The second-order valence-electron chi connectivity index (χ2n) is 4.79. The van der Waals surface area contributed by atoms with Gasteiger partial charge in [-0.25, -0.2) is 4.98 Å². The van der Waals surface area contributed by atoms with Crippen LogP contribution < -0.4 is 5.56 Å². The second kappa shape index (κ2) is 5.79. The summed E-state index contributed by atoms with van der Waals surface area (Å²) in [7, 11) is 0. The molecule has 0 aliphatic rings. The van der Waals surface area contributed by atoms with Crippen molar-refractivity contribution in [3.63, 3.8) is 0 Å². The van der Waals surface area contributed by atoms with Crippen LogP contribution >= 0.6 is 15.9 Å². The molecule has 106 valence electrons. The van der Waals surface area contributed by atoms with Crippen LogP contribution in [-0.2, 0) is 6.54 Å². The van der Waals surface area contributed by atoms with E-state index < -0.39 is 6.10 Å². The minimum atomic E-state index is -0.740. The molecule has 1 N–H and O–H groups in total. The van der Waals surface area contributed by atoms with E-state index in [9.17, 15) is 9.90 Å². The first kappa shape index (κ1) is 14.0. The van der Waals surface area contributed by atoms with Crippen LogP contribution in [0.2, 0.25) is 0 Å². The van der Waals surface area contributed by atoms with Crippen LogP contribution in [0.3, 0.4) is 0 Å². The molecular formula is C16H13BrN2O2. The van der Waals surface area contributed by atoms with E-state index in [1.54, 1.807) is 12.1 Å². The molecule has 0 radical (unpaired) electrons. The molecule has 2 aromatic carbocycles. The van der Waals surface area contributed by atoms with Crippen LogP contribution in [0.5, 0.6) is 0 Å². The lowest BCUT2D eigenvalue weighted by molar-refractivity contribution is 0.155. The van der Waals surface area contributed by atoms with Crippen LogP contribution in [0.15, 0.2) is 64.1 Å². The van der Waals surface area contributed by atoms with Crippen LogP contribution in [0.1, 0.15) is 11.7 Å². The highest BCUT2D eigenvalue weighted by Crippen LogP contribution is 2.16. The van der Waals surface area contributed by atoms with Gasteiger partial charge in [0, 0.05) is 4.47 Å². The summed E-state index contributed by atoms with van der Waals surface area (Å²) in [4.78, 5) is 16.7. The molecule has 0 fully saturated rings. The number of rotatable bonds is 3. The van der Waals surface area contributed by atoms with Crippen LogP contribution in [-0.4, -0.2) is 14.7 Å². The molecule has 3 aromatic rings. The first-order chi connectivity index (χ1) is 10.1. The Balaban J connectivity index is 1.98. The fraction of sp³-hybridized carbons (Fsp3) is 0.125. The van der Waals surface area contributed by atoms with E-state index in [-0.39, 0.29) is 12.1 Å². The predicted molar refractivity (Wildman–Crippen MR) is 85.1 cm³/mol. The third-order valence-electron chi connectivity index (χ3n) is 3.34. The SMILES string of the molecule is O=c1c2cc(Br)ccc2ncn1CC(O)c1ccccc1. The molecule has 0 amide bonds. The fourth-order valence-corrected chi connectivity index (χ4v) is 2.59. The molecule has 0 bridgehead atoms.